The van der Waals surface area contributed by atoms with E-state index in [1.807, 2.05) is 5.38 Å². The average Bonchev–Trinajstić information content (AvgIpc) is 3.01. The van der Waals surface area contributed by atoms with Gasteiger partial charge < -0.3 is 10.2 Å². The Morgan fingerprint density at radius 2 is 2.39 bits per heavy atom. The maximum atomic E-state index is 12.7. The number of carbonyl (C=O) groups is 1. The zero-order valence-corrected chi connectivity index (χ0v) is 11.8. The lowest BCUT2D eigenvalue weighted by Gasteiger charge is -2.27. The maximum Gasteiger partial charge on any atom is 0.264 e. The zero-order chi connectivity index (χ0) is 12.7. The normalized spacial score (nSPS) is 30.8. The van der Waals surface area contributed by atoms with Crippen LogP contribution in [0.1, 0.15) is 35.5 Å². The van der Waals surface area contributed by atoms with Gasteiger partial charge in [0.15, 0.2) is 0 Å². The van der Waals surface area contributed by atoms with Gasteiger partial charge in [-0.2, -0.15) is 0 Å². The summed E-state index contributed by atoms with van der Waals surface area (Å²) in [6.07, 6.45) is 2.09. The van der Waals surface area contributed by atoms with Crippen molar-refractivity contribution in [2.24, 2.45) is 5.92 Å². The van der Waals surface area contributed by atoms with Crippen molar-refractivity contribution in [3.05, 3.63) is 21.9 Å². The fourth-order valence-electron chi connectivity index (χ4n) is 3.43. The number of amides is 1. The van der Waals surface area contributed by atoms with Crippen LogP contribution in [0.15, 0.2) is 11.4 Å². The molecule has 0 bridgehead atoms. The number of aryl methyl sites for hydroxylation is 1. The minimum Gasteiger partial charge on any atom is -0.331 e. The van der Waals surface area contributed by atoms with Crippen molar-refractivity contribution >= 4 is 17.2 Å². The third-order valence-corrected chi connectivity index (χ3v) is 5.28. The quantitative estimate of drug-likeness (QED) is 0.887. The lowest BCUT2D eigenvalue weighted by atomic mass is 10.0. The first-order chi connectivity index (χ1) is 8.72. The first-order valence-electron chi connectivity index (χ1n) is 6.82. The molecule has 2 aliphatic heterocycles. The molecule has 2 aliphatic rings. The summed E-state index contributed by atoms with van der Waals surface area (Å²) in [6.45, 7) is 6.35. The van der Waals surface area contributed by atoms with Gasteiger partial charge in [0, 0.05) is 25.2 Å². The van der Waals surface area contributed by atoms with Crippen molar-refractivity contribution in [2.45, 2.75) is 38.8 Å². The maximum absolute atomic E-state index is 12.7. The average molecular weight is 264 g/mol. The van der Waals surface area contributed by atoms with Gasteiger partial charge in [-0.05, 0) is 42.7 Å². The molecule has 1 aromatic heterocycles. The van der Waals surface area contributed by atoms with Gasteiger partial charge in [-0.25, -0.2) is 0 Å². The number of thiophene rings is 1. The number of carbonyl (C=O) groups excluding carboxylic acids is 1. The van der Waals surface area contributed by atoms with Crippen molar-refractivity contribution in [1.82, 2.24) is 10.2 Å². The lowest BCUT2D eigenvalue weighted by molar-refractivity contribution is 0.0686. The minimum absolute atomic E-state index is 0.255. The highest BCUT2D eigenvalue weighted by Gasteiger charge is 2.44. The van der Waals surface area contributed by atoms with Crippen molar-refractivity contribution in [3.63, 3.8) is 0 Å². The SMILES string of the molecule is CCc1ccsc1C(=O)N1C(C)CC2CNCC21. The molecule has 3 nitrogen and oxygen atoms in total. The van der Waals surface area contributed by atoms with E-state index in [1.165, 1.54) is 5.56 Å². The summed E-state index contributed by atoms with van der Waals surface area (Å²) >= 11 is 1.59. The number of hydrogen-bond acceptors (Lipinski definition) is 3. The van der Waals surface area contributed by atoms with Gasteiger partial charge in [0.1, 0.15) is 0 Å². The van der Waals surface area contributed by atoms with Crippen LogP contribution in [0, 0.1) is 5.92 Å². The molecule has 1 aromatic rings. The van der Waals surface area contributed by atoms with E-state index in [9.17, 15) is 4.79 Å². The Hall–Kier alpha value is -0.870. The number of nitrogens with zero attached hydrogens (tertiary/aromatic N) is 1. The molecule has 0 radical (unpaired) electrons. The van der Waals surface area contributed by atoms with Gasteiger partial charge in [0.05, 0.1) is 4.88 Å². The Balaban J connectivity index is 1.88. The highest BCUT2D eigenvalue weighted by atomic mass is 32.1. The third-order valence-electron chi connectivity index (χ3n) is 4.34. The van der Waals surface area contributed by atoms with Gasteiger partial charge in [0.2, 0.25) is 0 Å². The van der Waals surface area contributed by atoms with Crippen molar-refractivity contribution in [3.8, 4) is 0 Å². The molecule has 0 aliphatic carbocycles. The summed E-state index contributed by atoms with van der Waals surface area (Å²) in [7, 11) is 0. The highest BCUT2D eigenvalue weighted by molar-refractivity contribution is 7.12. The molecule has 18 heavy (non-hydrogen) atoms. The Morgan fingerprint density at radius 3 is 3.17 bits per heavy atom. The second-order valence-corrected chi connectivity index (χ2v) is 6.33. The molecule has 3 heterocycles. The zero-order valence-electron chi connectivity index (χ0n) is 11.0. The van der Waals surface area contributed by atoms with E-state index in [0.29, 0.717) is 18.0 Å². The molecular formula is C14H20N2OS. The molecular weight excluding hydrogens is 244 g/mol. The first kappa shape index (κ1) is 12.2. The van der Waals surface area contributed by atoms with E-state index < -0.39 is 0 Å². The van der Waals surface area contributed by atoms with Gasteiger partial charge in [-0.3, -0.25) is 4.79 Å². The number of hydrogen-bond donors (Lipinski definition) is 1. The van der Waals surface area contributed by atoms with Gasteiger partial charge in [-0.1, -0.05) is 6.92 Å². The molecule has 3 rings (SSSR count). The molecule has 0 aromatic carbocycles. The minimum atomic E-state index is 0.255. The van der Waals surface area contributed by atoms with Crippen LogP contribution < -0.4 is 5.32 Å². The molecule has 1 amide bonds. The predicted octanol–water partition coefficient (Wildman–Crippen LogP) is 2.13. The van der Waals surface area contributed by atoms with E-state index in [1.54, 1.807) is 11.3 Å². The number of likely N-dealkylation sites (tertiary alicyclic amines) is 1. The summed E-state index contributed by atoms with van der Waals surface area (Å²) in [5, 5.41) is 5.45. The van der Waals surface area contributed by atoms with Crippen molar-refractivity contribution in [2.75, 3.05) is 13.1 Å². The molecule has 1 N–H and O–H groups in total. The van der Waals surface area contributed by atoms with E-state index in [4.69, 9.17) is 0 Å². The van der Waals surface area contributed by atoms with Crippen LogP contribution in [-0.2, 0) is 6.42 Å². The van der Waals surface area contributed by atoms with E-state index in [2.05, 4.69) is 30.1 Å². The second-order valence-electron chi connectivity index (χ2n) is 5.41. The summed E-state index contributed by atoms with van der Waals surface area (Å²) < 4.78 is 0. The predicted molar refractivity (Wildman–Crippen MR) is 74.1 cm³/mol. The Kier molecular flexibility index (Phi) is 3.16. The van der Waals surface area contributed by atoms with Crippen molar-refractivity contribution in [1.29, 1.82) is 0 Å². The fourth-order valence-corrected chi connectivity index (χ4v) is 4.37. The Morgan fingerprint density at radius 1 is 1.56 bits per heavy atom. The smallest absolute Gasteiger partial charge is 0.264 e. The van der Waals surface area contributed by atoms with E-state index in [-0.39, 0.29) is 5.91 Å². The monoisotopic (exact) mass is 264 g/mol. The Labute approximate surface area is 112 Å². The summed E-state index contributed by atoms with van der Waals surface area (Å²) in [5.41, 5.74) is 1.20. The van der Waals surface area contributed by atoms with Gasteiger partial charge in [0.25, 0.3) is 5.91 Å². The summed E-state index contributed by atoms with van der Waals surface area (Å²) in [5.74, 6) is 0.916. The molecule has 3 atom stereocenters. The summed E-state index contributed by atoms with van der Waals surface area (Å²) in [4.78, 5) is 15.8. The molecule has 0 spiro atoms. The second kappa shape index (κ2) is 4.67. The van der Waals surface area contributed by atoms with Crippen LogP contribution in [0.4, 0.5) is 0 Å². The molecule has 98 valence electrons. The Bertz CT molecular complexity index is 456. The number of rotatable bonds is 2. The molecule has 4 heteroatoms. The van der Waals surface area contributed by atoms with Crippen LogP contribution in [-0.4, -0.2) is 36.0 Å². The lowest BCUT2D eigenvalue weighted by Crippen LogP contribution is -2.42. The molecule has 2 saturated heterocycles. The van der Waals surface area contributed by atoms with Gasteiger partial charge in [-0.15, -0.1) is 11.3 Å². The van der Waals surface area contributed by atoms with Crippen LogP contribution in [0.25, 0.3) is 0 Å². The fraction of sp³-hybridized carbons (Fsp3) is 0.643. The molecule has 0 saturated carbocycles. The first-order valence-corrected chi connectivity index (χ1v) is 7.70. The molecule has 3 unspecified atom stereocenters. The standard InChI is InChI=1S/C14H20N2OS/c1-3-10-4-5-18-13(10)14(17)16-9(2)6-11-7-15-8-12(11)16/h4-5,9,11-12,15H,3,6-8H2,1-2H3. The van der Waals surface area contributed by atoms with Crippen LogP contribution in [0.3, 0.4) is 0 Å². The topological polar surface area (TPSA) is 32.3 Å². The number of nitrogens with one attached hydrogen (secondary N) is 1. The summed E-state index contributed by atoms with van der Waals surface area (Å²) in [6, 6.07) is 2.89. The van der Waals surface area contributed by atoms with E-state index in [0.717, 1.165) is 30.8 Å². The third kappa shape index (κ3) is 1.79. The van der Waals surface area contributed by atoms with Crippen LogP contribution >= 0.6 is 11.3 Å². The largest absolute Gasteiger partial charge is 0.331 e. The van der Waals surface area contributed by atoms with Crippen LogP contribution in [0.2, 0.25) is 0 Å². The van der Waals surface area contributed by atoms with Gasteiger partial charge >= 0.3 is 0 Å². The van der Waals surface area contributed by atoms with Crippen LogP contribution in [0.5, 0.6) is 0 Å². The highest BCUT2D eigenvalue weighted by Crippen LogP contribution is 2.34. The number of fused-ring (bicyclic) bond motifs is 1. The van der Waals surface area contributed by atoms with E-state index >= 15 is 0 Å². The molecule has 2 fully saturated rings. The van der Waals surface area contributed by atoms with Crippen molar-refractivity contribution < 1.29 is 4.79 Å².